The Morgan fingerprint density at radius 3 is 2.58 bits per heavy atom. The molecule has 0 aromatic rings. The zero-order valence-electron chi connectivity index (χ0n) is 8.14. The average Bonchev–Trinajstić information content (AvgIpc) is 2.09. The molecule has 0 aliphatic heterocycles. The predicted molar refractivity (Wildman–Crippen MR) is 49.7 cm³/mol. The normalized spacial score (nSPS) is 9.83. The van der Waals surface area contributed by atoms with E-state index >= 15 is 0 Å². The van der Waals surface area contributed by atoms with Crippen molar-refractivity contribution in [3.63, 3.8) is 0 Å². The van der Waals surface area contributed by atoms with E-state index in [1.165, 1.54) is 0 Å². The summed E-state index contributed by atoms with van der Waals surface area (Å²) in [6.45, 7) is 4.75. The standard InChI is InChI=1S/C10H19O2/c1-3-5-7-9-12-10(11)8-6-4-2/h8H,3-7,9H2,1-2H3. The fourth-order valence-electron chi connectivity index (χ4n) is 0.846. The van der Waals surface area contributed by atoms with Crippen molar-refractivity contribution >= 4 is 5.97 Å². The van der Waals surface area contributed by atoms with Gasteiger partial charge >= 0.3 is 5.97 Å². The van der Waals surface area contributed by atoms with Gasteiger partial charge in [-0.15, -0.1) is 0 Å². The van der Waals surface area contributed by atoms with E-state index in [0.717, 1.165) is 32.1 Å². The minimum absolute atomic E-state index is 0.159. The van der Waals surface area contributed by atoms with Crippen LogP contribution in [0.2, 0.25) is 0 Å². The van der Waals surface area contributed by atoms with Gasteiger partial charge in [0.2, 0.25) is 0 Å². The summed E-state index contributed by atoms with van der Waals surface area (Å²) in [7, 11) is 0. The Bertz CT molecular complexity index is 110. The van der Waals surface area contributed by atoms with Gasteiger partial charge in [0.05, 0.1) is 13.0 Å². The Balaban J connectivity index is 3.08. The minimum Gasteiger partial charge on any atom is -0.465 e. The summed E-state index contributed by atoms with van der Waals surface area (Å²) in [4.78, 5) is 10.9. The van der Waals surface area contributed by atoms with Crippen molar-refractivity contribution in [1.29, 1.82) is 0 Å². The Morgan fingerprint density at radius 1 is 1.25 bits per heavy atom. The molecule has 2 heteroatoms. The molecule has 0 atom stereocenters. The third kappa shape index (κ3) is 7.58. The van der Waals surface area contributed by atoms with Crippen LogP contribution >= 0.6 is 0 Å². The Kier molecular flexibility index (Phi) is 8.19. The first kappa shape index (κ1) is 11.5. The topological polar surface area (TPSA) is 26.3 Å². The molecular formula is C10H19O2. The summed E-state index contributed by atoms with van der Waals surface area (Å²) in [5.74, 6) is -0.159. The van der Waals surface area contributed by atoms with Crippen molar-refractivity contribution in [2.45, 2.75) is 46.0 Å². The quantitative estimate of drug-likeness (QED) is 0.435. The molecular weight excluding hydrogens is 152 g/mol. The third-order valence-electron chi connectivity index (χ3n) is 1.59. The number of hydrogen-bond donors (Lipinski definition) is 0. The Morgan fingerprint density at radius 2 is 2.00 bits per heavy atom. The molecule has 2 nitrogen and oxygen atoms in total. The molecule has 0 aromatic carbocycles. The van der Waals surface area contributed by atoms with Crippen molar-refractivity contribution in [2.75, 3.05) is 6.61 Å². The van der Waals surface area contributed by atoms with E-state index in [2.05, 4.69) is 6.92 Å². The number of hydrogen-bond acceptors (Lipinski definition) is 2. The van der Waals surface area contributed by atoms with Gasteiger partial charge in [-0.3, -0.25) is 4.79 Å². The van der Waals surface area contributed by atoms with Crippen molar-refractivity contribution in [1.82, 2.24) is 0 Å². The van der Waals surface area contributed by atoms with Gasteiger partial charge in [0.25, 0.3) is 0 Å². The van der Waals surface area contributed by atoms with Gasteiger partial charge < -0.3 is 4.74 Å². The Hall–Kier alpha value is -0.530. The number of rotatable bonds is 7. The molecule has 0 unspecified atom stereocenters. The van der Waals surface area contributed by atoms with Crippen molar-refractivity contribution in [3.8, 4) is 0 Å². The molecule has 0 rings (SSSR count). The zero-order valence-corrected chi connectivity index (χ0v) is 8.14. The first-order valence-corrected chi connectivity index (χ1v) is 4.81. The molecule has 0 spiro atoms. The fraction of sp³-hybridized carbons (Fsp3) is 0.800. The summed E-state index contributed by atoms with van der Waals surface area (Å²) in [6, 6.07) is 0. The fourth-order valence-corrected chi connectivity index (χ4v) is 0.846. The van der Waals surface area contributed by atoms with Crippen LogP contribution in [0.1, 0.15) is 46.0 Å². The summed E-state index contributed by atoms with van der Waals surface area (Å²) >= 11 is 0. The highest BCUT2D eigenvalue weighted by Gasteiger charge is 2.00. The number of carbonyl (C=O) groups excluding carboxylic acids is 1. The average molecular weight is 171 g/mol. The van der Waals surface area contributed by atoms with E-state index < -0.39 is 0 Å². The maximum absolute atomic E-state index is 10.9. The Labute approximate surface area is 75.3 Å². The van der Waals surface area contributed by atoms with Crippen LogP contribution in [0, 0.1) is 6.42 Å². The van der Waals surface area contributed by atoms with E-state index in [1.807, 2.05) is 6.92 Å². The molecule has 71 valence electrons. The first-order chi connectivity index (χ1) is 5.81. The lowest BCUT2D eigenvalue weighted by molar-refractivity contribution is -0.139. The summed E-state index contributed by atoms with van der Waals surface area (Å²) in [6.07, 6.45) is 6.74. The van der Waals surface area contributed by atoms with Gasteiger partial charge in [-0.05, 0) is 12.8 Å². The highest BCUT2D eigenvalue weighted by molar-refractivity contribution is 5.78. The lowest BCUT2D eigenvalue weighted by Gasteiger charge is -2.02. The molecule has 0 fully saturated rings. The molecule has 0 saturated carbocycles. The lowest BCUT2D eigenvalue weighted by atomic mass is 10.2. The van der Waals surface area contributed by atoms with Crippen LogP contribution in [0.4, 0.5) is 0 Å². The molecule has 0 bridgehead atoms. The van der Waals surface area contributed by atoms with E-state index in [4.69, 9.17) is 4.74 Å². The SMILES string of the molecule is CCC[CH]C(=O)OCCCCC. The highest BCUT2D eigenvalue weighted by Crippen LogP contribution is 1.98. The molecule has 12 heavy (non-hydrogen) atoms. The largest absolute Gasteiger partial charge is 0.465 e. The maximum Gasteiger partial charge on any atom is 0.309 e. The van der Waals surface area contributed by atoms with Crippen LogP contribution in [0.3, 0.4) is 0 Å². The first-order valence-electron chi connectivity index (χ1n) is 4.81. The number of esters is 1. The molecule has 0 aliphatic rings. The van der Waals surface area contributed by atoms with Crippen LogP contribution in [0.15, 0.2) is 0 Å². The molecule has 0 heterocycles. The van der Waals surface area contributed by atoms with Crippen molar-refractivity contribution in [3.05, 3.63) is 6.42 Å². The molecule has 1 radical (unpaired) electrons. The van der Waals surface area contributed by atoms with Gasteiger partial charge in [-0.25, -0.2) is 0 Å². The molecule has 0 saturated heterocycles. The number of unbranched alkanes of at least 4 members (excludes halogenated alkanes) is 3. The van der Waals surface area contributed by atoms with Gasteiger partial charge in [-0.2, -0.15) is 0 Å². The smallest absolute Gasteiger partial charge is 0.309 e. The monoisotopic (exact) mass is 171 g/mol. The second-order valence-electron chi connectivity index (χ2n) is 2.87. The molecule has 0 amide bonds. The number of ether oxygens (including phenoxy) is 1. The summed E-state index contributed by atoms with van der Waals surface area (Å²) in [5.41, 5.74) is 0. The van der Waals surface area contributed by atoms with Gasteiger partial charge in [0.15, 0.2) is 0 Å². The van der Waals surface area contributed by atoms with E-state index in [1.54, 1.807) is 6.42 Å². The van der Waals surface area contributed by atoms with Gasteiger partial charge in [0.1, 0.15) is 0 Å². The highest BCUT2D eigenvalue weighted by atomic mass is 16.5. The van der Waals surface area contributed by atoms with Crippen LogP contribution in [0.5, 0.6) is 0 Å². The zero-order chi connectivity index (χ0) is 9.23. The van der Waals surface area contributed by atoms with E-state index in [9.17, 15) is 4.79 Å². The van der Waals surface area contributed by atoms with Crippen molar-refractivity contribution < 1.29 is 9.53 Å². The maximum atomic E-state index is 10.9. The summed E-state index contributed by atoms with van der Waals surface area (Å²) in [5, 5.41) is 0. The molecule has 0 aromatic heterocycles. The molecule has 0 aliphatic carbocycles. The van der Waals surface area contributed by atoms with Gasteiger partial charge in [-0.1, -0.05) is 33.1 Å². The van der Waals surface area contributed by atoms with E-state index in [0.29, 0.717) is 6.61 Å². The summed E-state index contributed by atoms with van der Waals surface area (Å²) < 4.78 is 4.95. The van der Waals surface area contributed by atoms with Crippen LogP contribution < -0.4 is 0 Å². The van der Waals surface area contributed by atoms with Crippen LogP contribution in [-0.4, -0.2) is 12.6 Å². The van der Waals surface area contributed by atoms with Crippen LogP contribution in [-0.2, 0) is 9.53 Å². The van der Waals surface area contributed by atoms with Gasteiger partial charge in [0, 0.05) is 0 Å². The van der Waals surface area contributed by atoms with Crippen molar-refractivity contribution in [2.24, 2.45) is 0 Å². The molecule has 0 N–H and O–H groups in total. The second kappa shape index (κ2) is 8.57. The van der Waals surface area contributed by atoms with E-state index in [-0.39, 0.29) is 5.97 Å². The number of carbonyl (C=O) groups is 1. The van der Waals surface area contributed by atoms with Crippen LogP contribution in [0.25, 0.3) is 0 Å². The lowest BCUT2D eigenvalue weighted by Crippen LogP contribution is -2.05. The second-order valence-corrected chi connectivity index (χ2v) is 2.87. The minimum atomic E-state index is -0.159. The third-order valence-corrected chi connectivity index (χ3v) is 1.59. The predicted octanol–water partition coefficient (Wildman–Crippen LogP) is 2.72.